The molecule has 1 aromatic rings. The molecule has 0 aliphatic heterocycles. The van der Waals surface area contributed by atoms with Gasteiger partial charge in [-0.3, -0.25) is 4.57 Å². The summed E-state index contributed by atoms with van der Waals surface area (Å²) in [6.45, 7) is 1.77. The number of alkyl carbamates (subject to hydrolysis) is 1. The lowest BCUT2D eigenvalue weighted by Gasteiger charge is -2.32. The molecule has 0 aliphatic rings. The SMILES string of the molecule is CCO[P@](=O)(c1ccccc1)[C@@H](NC(=O)OC)C(Cl)(Cl)Cl. The van der Waals surface area contributed by atoms with E-state index in [1.54, 1.807) is 37.3 Å². The zero-order valence-electron chi connectivity index (χ0n) is 11.4. The van der Waals surface area contributed by atoms with E-state index in [0.717, 1.165) is 7.11 Å². The standard InChI is InChI=1S/C12H15Cl3NO4P/c1-3-20-21(18,9-7-5-4-6-8-9)10(12(13,14)15)16-11(17)19-2/h4-8,10H,3H2,1-2H3,(H,16,17)/t10-,21-/m1/s1. The van der Waals surface area contributed by atoms with Crippen LogP contribution in [0.5, 0.6) is 0 Å². The van der Waals surface area contributed by atoms with E-state index in [4.69, 9.17) is 39.3 Å². The molecule has 0 unspecified atom stereocenters. The second kappa shape index (κ2) is 7.70. The Hall–Kier alpha value is -0.450. The van der Waals surface area contributed by atoms with E-state index in [2.05, 4.69) is 10.1 Å². The number of alkyl halides is 3. The Kier molecular flexibility index (Phi) is 6.82. The van der Waals surface area contributed by atoms with Gasteiger partial charge in [0.15, 0.2) is 5.78 Å². The first-order chi connectivity index (χ1) is 9.75. The molecule has 0 saturated heterocycles. The number of hydrogen-bond acceptors (Lipinski definition) is 4. The summed E-state index contributed by atoms with van der Waals surface area (Å²) < 4.78 is 21.1. The highest BCUT2D eigenvalue weighted by Gasteiger charge is 2.49. The summed E-state index contributed by atoms with van der Waals surface area (Å²) in [4.78, 5) is 11.5. The first kappa shape index (κ1) is 18.6. The van der Waals surface area contributed by atoms with Gasteiger partial charge in [0.25, 0.3) is 7.37 Å². The van der Waals surface area contributed by atoms with Crippen molar-refractivity contribution in [1.82, 2.24) is 5.32 Å². The molecule has 21 heavy (non-hydrogen) atoms. The van der Waals surface area contributed by atoms with Crippen molar-refractivity contribution in [2.45, 2.75) is 16.5 Å². The van der Waals surface area contributed by atoms with Crippen LogP contribution >= 0.6 is 42.2 Å². The van der Waals surface area contributed by atoms with E-state index in [1.807, 2.05) is 0 Å². The number of benzene rings is 1. The molecule has 5 nitrogen and oxygen atoms in total. The van der Waals surface area contributed by atoms with Gasteiger partial charge in [-0.05, 0) is 19.1 Å². The topological polar surface area (TPSA) is 64.6 Å². The van der Waals surface area contributed by atoms with Crippen molar-refractivity contribution in [3.63, 3.8) is 0 Å². The second-order valence-electron chi connectivity index (χ2n) is 3.93. The molecule has 0 radical (unpaired) electrons. The highest BCUT2D eigenvalue weighted by Crippen LogP contribution is 2.57. The molecule has 9 heteroatoms. The minimum Gasteiger partial charge on any atom is -0.453 e. The van der Waals surface area contributed by atoms with E-state index in [1.165, 1.54) is 0 Å². The average molecular weight is 375 g/mol. The number of nitrogens with one attached hydrogen (secondary N) is 1. The van der Waals surface area contributed by atoms with Gasteiger partial charge in [-0.1, -0.05) is 53.0 Å². The number of amides is 1. The van der Waals surface area contributed by atoms with Gasteiger partial charge in [0, 0.05) is 5.30 Å². The Labute approximate surface area is 138 Å². The first-order valence-corrected chi connectivity index (χ1v) is 8.79. The van der Waals surface area contributed by atoms with Crippen LogP contribution < -0.4 is 10.6 Å². The minimum absolute atomic E-state index is 0.117. The highest BCUT2D eigenvalue weighted by atomic mass is 35.6. The second-order valence-corrected chi connectivity index (χ2v) is 8.78. The summed E-state index contributed by atoms with van der Waals surface area (Å²) in [5.41, 5.74) is 0. The third-order valence-electron chi connectivity index (χ3n) is 2.53. The third-order valence-corrected chi connectivity index (χ3v) is 6.49. The van der Waals surface area contributed by atoms with Crippen molar-refractivity contribution >= 4 is 53.6 Å². The van der Waals surface area contributed by atoms with Crippen molar-refractivity contribution in [2.24, 2.45) is 0 Å². The van der Waals surface area contributed by atoms with Crippen LogP contribution in [0, 0.1) is 0 Å². The number of carbonyl (C=O) groups excluding carboxylic acids is 1. The zero-order valence-corrected chi connectivity index (χ0v) is 14.5. The number of ether oxygens (including phenoxy) is 1. The van der Waals surface area contributed by atoms with Gasteiger partial charge in [-0.25, -0.2) is 4.79 Å². The predicted octanol–water partition coefficient (Wildman–Crippen LogP) is 3.68. The van der Waals surface area contributed by atoms with Gasteiger partial charge in [0.05, 0.1) is 13.7 Å². The van der Waals surface area contributed by atoms with Gasteiger partial charge in [0.2, 0.25) is 3.79 Å². The molecule has 0 bridgehead atoms. The van der Waals surface area contributed by atoms with E-state index < -0.39 is 23.0 Å². The number of methoxy groups -OCH3 is 1. The van der Waals surface area contributed by atoms with Gasteiger partial charge in [0.1, 0.15) is 0 Å². The molecular weight excluding hydrogens is 359 g/mol. The Morgan fingerprint density at radius 1 is 1.33 bits per heavy atom. The van der Waals surface area contributed by atoms with Crippen LogP contribution in [0.3, 0.4) is 0 Å². The molecule has 0 fully saturated rings. The number of rotatable bonds is 5. The van der Waals surface area contributed by atoms with Crippen LogP contribution in [0.2, 0.25) is 0 Å². The monoisotopic (exact) mass is 373 g/mol. The number of hydrogen-bond donors (Lipinski definition) is 1. The van der Waals surface area contributed by atoms with Crippen LogP contribution in [-0.4, -0.2) is 29.4 Å². The molecule has 0 aliphatic carbocycles. The van der Waals surface area contributed by atoms with Gasteiger partial charge >= 0.3 is 6.09 Å². The summed E-state index contributed by atoms with van der Waals surface area (Å²) in [6.07, 6.45) is -0.873. The summed E-state index contributed by atoms with van der Waals surface area (Å²) in [5.74, 6) is -1.38. The fourth-order valence-electron chi connectivity index (χ4n) is 1.66. The normalized spacial score (nSPS) is 15.9. The van der Waals surface area contributed by atoms with Crippen molar-refractivity contribution in [3.8, 4) is 0 Å². The molecule has 0 saturated carbocycles. The molecule has 0 spiro atoms. The Bertz CT molecular complexity index is 521. The summed E-state index contributed by atoms with van der Waals surface area (Å²) in [5, 5.41) is 2.62. The number of carbonyl (C=O) groups is 1. The Morgan fingerprint density at radius 3 is 2.33 bits per heavy atom. The van der Waals surface area contributed by atoms with Crippen molar-refractivity contribution < 1.29 is 18.6 Å². The largest absolute Gasteiger partial charge is 0.453 e. The van der Waals surface area contributed by atoms with E-state index in [-0.39, 0.29) is 6.61 Å². The molecule has 1 N–H and O–H groups in total. The molecule has 0 heterocycles. The summed E-state index contributed by atoms with van der Waals surface area (Å²) in [6, 6.07) is 8.26. The molecule has 2 atom stereocenters. The van der Waals surface area contributed by atoms with Crippen molar-refractivity contribution in [2.75, 3.05) is 13.7 Å². The smallest absolute Gasteiger partial charge is 0.407 e. The Balaban J connectivity index is 3.32. The van der Waals surface area contributed by atoms with Crippen LogP contribution in [0.1, 0.15) is 6.92 Å². The summed E-state index contributed by atoms with van der Waals surface area (Å²) >= 11 is 17.6. The van der Waals surface area contributed by atoms with E-state index in [0.29, 0.717) is 5.30 Å². The van der Waals surface area contributed by atoms with Crippen LogP contribution in [0.4, 0.5) is 4.79 Å². The molecule has 1 aromatic carbocycles. The molecule has 0 aromatic heterocycles. The van der Waals surface area contributed by atoms with Crippen molar-refractivity contribution in [3.05, 3.63) is 30.3 Å². The quantitative estimate of drug-likeness (QED) is 0.631. The maximum atomic E-state index is 13.3. The first-order valence-electron chi connectivity index (χ1n) is 5.96. The third kappa shape index (κ3) is 4.76. The lowest BCUT2D eigenvalue weighted by Crippen LogP contribution is -2.45. The van der Waals surface area contributed by atoms with Gasteiger partial charge < -0.3 is 14.6 Å². The fourth-order valence-corrected chi connectivity index (χ4v) is 5.20. The molecule has 1 amide bonds. The maximum absolute atomic E-state index is 13.3. The minimum atomic E-state index is -3.68. The lowest BCUT2D eigenvalue weighted by atomic mass is 10.4. The van der Waals surface area contributed by atoms with E-state index in [9.17, 15) is 9.36 Å². The van der Waals surface area contributed by atoms with Crippen LogP contribution in [-0.2, 0) is 13.8 Å². The van der Waals surface area contributed by atoms with Crippen LogP contribution in [0.15, 0.2) is 30.3 Å². The van der Waals surface area contributed by atoms with Crippen LogP contribution in [0.25, 0.3) is 0 Å². The summed E-state index contributed by atoms with van der Waals surface area (Å²) in [7, 11) is -2.53. The molecule has 1 rings (SSSR count). The van der Waals surface area contributed by atoms with Gasteiger partial charge in [-0.15, -0.1) is 0 Å². The van der Waals surface area contributed by atoms with Crippen molar-refractivity contribution in [1.29, 1.82) is 0 Å². The lowest BCUT2D eigenvalue weighted by molar-refractivity contribution is 0.168. The zero-order chi connectivity index (χ0) is 16.1. The van der Waals surface area contributed by atoms with E-state index >= 15 is 0 Å². The fraction of sp³-hybridized carbons (Fsp3) is 0.417. The Morgan fingerprint density at radius 2 is 1.90 bits per heavy atom. The average Bonchev–Trinajstić information content (AvgIpc) is 2.44. The maximum Gasteiger partial charge on any atom is 0.407 e. The highest BCUT2D eigenvalue weighted by molar-refractivity contribution is 7.68. The number of halogens is 3. The van der Waals surface area contributed by atoms with Gasteiger partial charge in [-0.2, -0.15) is 0 Å². The molecular formula is C12H15Cl3NO4P. The molecule has 118 valence electrons. The predicted molar refractivity (Wildman–Crippen MR) is 84.9 cm³/mol.